The Kier molecular flexibility index (Phi) is 6.54. The highest BCUT2D eigenvalue weighted by atomic mass is 35.5. The van der Waals surface area contributed by atoms with Gasteiger partial charge in [-0.2, -0.15) is 18.2 Å². The van der Waals surface area contributed by atoms with E-state index in [4.69, 9.17) is 23.2 Å². The van der Waals surface area contributed by atoms with Gasteiger partial charge in [-0.25, -0.2) is 4.98 Å². The molecule has 0 saturated carbocycles. The van der Waals surface area contributed by atoms with Gasteiger partial charge in [0.2, 0.25) is 5.95 Å². The van der Waals surface area contributed by atoms with Gasteiger partial charge in [-0.1, -0.05) is 37.0 Å². The molecule has 0 fully saturated rings. The van der Waals surface area contributed by atoms with Gasteiger partial charge in [0.1, 0.15) is 5.82 Å². The van der Waals surface area contributed by atoms with E-state index in [1.807, 2.05) is 13.8 Å². The summed E-state index contributed by atoms with van der Waals surface area (Å²) < 4.78 is 39.5. The van der Waals surface area contributed by atoms with E-state index >= 15 is 0 Å². The highest BCUT2D eigenvalue weighted by Gasteiger charge is 2.34. The highest BCUT2D eigenvalue weighted by molar-refractivity contribution is 6.35. The number of aliphatic hydroxyl groups is 1. The lowest BCUT2D eigenvalue weighted by Crippen LogP contribution is -2.30. The number of hydrogen-bond acceptors (Lipinski definition) is 5. The van der Waals surface area contributed by atoms with Gasteiger partial charge < -0.3 is 15.7 Å². The molecule has 0 saturated heterocycles. The Morgan fingerprint density at radius 1 is 1.15 bits per heavy atom. The van der Waals surface area contributed by atoms with Crippen LogP contribution in [0.1, 0.15) is 19.5 Å². The molecule has 0 radical (unpaired) electrons. The molecule has 0 aliphatic carbocycles. The lowest BCUT2D eigenvalue weighted by atomic mass is 10.1. The summed E-state index contributed by atoms with van der Waals surface area (Å²) in [4.78, 5) is 7.54. The van der Waals surface area contributed by atoms with E-state index in [-0.39, 0.29) is 29.3 Å². The van der Waals surface area contributed by atoms with E-state index in [0.717, 1.165) is 6.07 Å². The van der Waals surface area contributed by atoms with Crippen molar-refractivity contribution in [1.29, 1.82) is 0 Å². The largest absolute Gasteiger partial charge is 0.433 e. The van der Waals surface area contributed by atoms with E-state index in [1.54, 1.807) is 6.07 Å². The number of halogens is 5. The Labute approximate surface area is 158 Å². The van der Waals surface area contributed by atoms with E-state index in [2.05, 4.69) is 20.6 Å². The first kappa shape index (κ1) is 20.5. The van der Waals surface area contributed by atoms with Gasteiger partial charge in [-0.15, -0.1) is 0 Å². The van der Waals surface area contributed by atoms with Crippen molar-refractivity contribution < 1.29 is 18.3 Å². The third-order valence-corrected chi connectivity index (χ3v) is 4.09. The van der Waals surface area contributed by atoms with Gasteiger partial charge in [-0.3, -0.25) is 0 Å². The van der Waals surface area contributed by atoms with Crippen molar-refractivity contribution in [2.24, 2.45) is 5.92 Å². The molecule has 1 atom stereocenters. The fourth-order valence-electron chi connectivity index (χ4n) is 2.04. The van der Waals surface area contributed by atoms with Crippen molar-refractivity contribution in [2.75, 3.05) is 17.2 Å². The van der Waals surface area contributed by atoms with Gasteiger partial charge in [-0.05, 0) is 24.1 Å². The maximum absolute atomic E-state index is 13.2. The standard InChI is InChI=1S/C16H17Cl2F3N4O/c1-8(2)12(7-26)23-15-24-13(16(19,20)21)6-14(25-15)22-11-5-9(17)3-4-10(11)18/h3-6,8,12,26H,7H2,1-2H3,(H2,22,23,24,25)/t12-/m0/s1. The van der Waals surface area contributed by atoms with Crippen molar-refractivity contribution in [3.8, 4) is 0 Å². The topological polar surface area (TPSA) is 70.1 Å². The smallest absolute Gasteiger partial charge is 0.394 e. The van der Waals surface area contributed by atoms with Crippen LogP contribution in [0.5, 0.6) is 0 Å². The summed E-state index contributed by atoms with van der Waals surface area (Å²) in [7, 11) is 0. The van der Waals surface area contributed by atoms with Crippen molar-refractivity contribution in [1.82, 2.24) is 9.97 Å². The van der Waals surface area contributed by atoms with Gasteiger partial charge in [0, 0.05) is 11.1 Å². The summed E-state index contributed by atoms with van der Waals surface area (Å²) in [5, 5.41) is 15.4. The second kappa shape index (κ2) is 8.28. The van der Waals surface area contributed by atoms with Crippen LogP contribution >= 0.6 is 23.2 Å². The normalized spacial score (nSPS) is 13.0. The number of aromatic nitrogens is 2. The van der Waals surface area contributed by atoms with Crippen LogP contribution in [0.3, 0.4) is 0 Å². The first-order valence-electron chi connectivity index (χ1n) is 7.66. The minimum atomic E-state index is -4.67. The molecule has 2 aromatic rings. The summed E-state index contributed by atoms with van der Waals surface area (Å²) in [6.07, 6.45) is -4.67. The molecule has 26 heavy (non-hydrogen) atoms. The Morgan fingerprint density at radius 2 is 1.85 bits per heavy atom. The quantitative estimate of drug-likeness (QED) is 0.628. The SMILES string of the molecule is CC(C)[C@H](CO)Nc1nc(Nc2cc(Cl)ccc2Cl)cc(C(F)(F)F)n1. The summed E-state index contributed by atoms with van der Waals surface area (Å²) in [6.45, 7) is 3.35. The summed E-state index contributed by atoms with van der Waals surface area (Å²) in [5.74, 6) is -0.412. The molecule has 2 rings (SSSR count). The molecule has 0 spiro atoms. The second-order valence-electron chi connectivity index (χ2n) is 5.89. The second-order valence-corrected chi connectivity index (χ2v) is 6.73. The number of nitrogens with one attached hydrogen (secondary N) is 2. The van der Waals surface area contributed by atoms with Crippen molar-refractivity contribution in [2.45, 2.75) is 26.1 Å². The molecular formula is C16H17Cl2F3N4O. The summed E-state index contributed by atoms with van der Waals surface area (Å²) >= 11 is 11.9. The van der Waals surface area contributed by atoms with E-state index in [1.165, 1.54) is 12.1 Å². The molecule has 0 bridgehead atoms. The molecule has 0 aliphatic rings. The fourth-order valence-corrected chi connectivity index (χ4v) is 2.38. The van der Waals surface area contributed by atoms with Gasteiger partial charge >= 0.3 is 6.18 Å². The van der Waals surface area contributed by atoms with Crippen LogP contribution in [0.25, 0.3) is 0 Å². The zero-order valence-electron chi connectivity index (χ0n) is 13.9. The van der Waals surface area contributed by atoms with Crippen molar-refractivity contribution >= 4 is 40.7 Å². The molecule has 1 aromatic heterocycles. The van der Waals surface area contributed by atoms with Crippen LogP contribution < -0.4 is 10.6 Å². The molecule has 10 heteroatoms. The average Bonchev–Trinajstić information content (AvgIpc) is 2.54. The molecule has 3 N–H and O–H groups in total. The van der Waals surface area contributed by atoms with Crippen LogP contribution in [0.15, 0.2) is 24.3 Å². The van der Waals surface area contributed by atoms with E-state index in [9.17, 15) is 18.3 Å². The maximum atomic E-state index is 13.2. The number of alkyl halides is 3. The highest BCUT2D eigenvalue weighted by Crippen LogP contribution is 2.32. The van der Waals surface area contributed by atoms with Crippen LogP contribution in [-0.4, -0.2) is 27.7 Å². The predicted octanol–water partition coefficient (Wildman–Crippen LogP) is 4.97. The molecule has 5 nitrogen and oxygen atoms in total. The number of nitrogens with zero attached hydrogens (tertiary/aromatic N) is 2. The summed E-state index contributed by atoms with van der Waals surface area (Å²) in [5.41, 5.74) is -0.824. The first-order valence-corrected chi connectivity index (χ1v) is 8.41. The Balaban J connectivity index is 2.41. The van der Waals surface area contributed by atoms with Crippen LogP contribution in [0.2, 0.25) is 10.0 Å². The molecule has 142 valence electrons. The molecule has 0 amide bonds. The maximum Gasteiger partial charge on any atom is 0.433 e. The monoisotopic (exact) mass is 408 g/mol. The molecular weight excluding hydrogens is 392 g/mol. The van der Waals surface area contributed by atoms with Crippen molar-refractivity contribution in [3.63, 3.8) is 0 Å². The molecule has 0 unspecified atom stereocenters. The average molecular weight is 409 g/mol. The lowest BCUT2D eigenvalue weighted by Gasteiger charge is -2.21. The third kappa shape index (κ3) is 5.36. The minimum Gasteiger partial charge on any atom is -0.394 e. The molecule has 1 heterocycles. The fraction of sp³-hybridized carbons (Fsp3) is 0.375. The number of aliphatic hydroxyl groups excluding tert-OH is 1. The van der Waals surface area contributed by atoms with E-state index < -0.39 is 17.9 Å². The third-order valence-electron chi connectivity index (χ3n) is 3.52. The van der Waals surface area contributed by atoms with Crippen LogP contribution in [0, 0.1) is 5.92 Å². The van der Waals surface area contributed by atoms with Gasteiger partial charge in [0.15, 0.2) is 5.69 Å². The Morgan fingerprint density at radius 3 is 2.42 bits per heavy atom. The van der Waals surface area contributed by atoms with Gasteiger partial charge in [0.25, 0.3) is 0 Å². The van der Waals surface area contributed by atoms with Crippen LogP contribution in [0.4, 0.5) is 30.6 Å². The zero-order chi connectivity index (χ0) is 19.5. The zero-order valence-corrected chi connectivity index (χ0v) is 15.4. The number of anilines is 3. The number of hydrogen-bond donors (Lipinski definition) is 3. The molecule has 1 aromatic carbocycles. The lowest BCUT2D eigenvalue weighted by molar-refractivity contribution is -0.141. The predicted molar refractivity (Wildman–Crippen MR) is 96.1 cm³/mol. The van der Waals surface area contributed by atoms with Crippen molar-refractivity contribution in [3.05, 3.63) is 40.0 Å². The van der Waals surface area contributed by atoms with Gasteiger partial charge in [0.05, 0.1) is 23.4 Å². The minimum absolute atomic E-state index is 0.0445. The van der Waals surface area contributed by atoms with E-state index in [0.29, 0.717) is 10.7 Å². The number of rotatable bonds is 6. The Hall–Kier alpha value is -1.77. The molecule has 0 aliphatic heterocycles. The number of benzene rings is 1. The first-order chi connectivity index (χ1) is 12.1. The Bertz CT molecular complexity index is 772. The summed E-state index contributed by atoms with van der Waals surface area (Å²) in [6, 6.07) is 4.80. The van der Waals surface area contributed by atoms with Crippen LogP contribution in [-0.2, 0) is 6.18 Å².